The van der Waals surface area contributed by atoms with Crippen LogP contribution in [0.4, 0.5) is 0 Å². The Bertz CT molecular complexity index is 750. The van der Waals surface area contributed by atoms with E-state index >= 15 is 0 Å². The molecule has 0 spiro atoms. The lowest BCUT2D eigenvalue weighted by Crippen LogP contribution is -2.30. The van der Waals surface area contributed by atoms with Crippen molar-refractivity contribution < 1.29 is 9.53 Å². The zero-order valence-corrected chi connectivity index (χ0v) is 12.8. The van der Waals surface area contributed by atoms with Gasteiger partial charge in [0.25, 0.3) is 5.91 Å². The van der Waals surface area contributed by atoms with E-state index in [2.05, 4.69) is 5.43 Å². The Morgan fingerprint density at radius 3 is 2.81 bits per heavy atom. The maximum atomic E-state index is 11.9. The van der Waals surface area contributed by atoms with Gasteiger partial charge in [0.05, 0.1) is 18.1 Å². The van der Waals surface area contributed by atoms with Crippen molar-refractivity contribution in [3.05, 3.63) is 57.1 Å². The normalized spacial score (nSPS) is 10.9. The smallest absolute Gasteiger partial charge is 0.275 e. The lowest BCUT2D eigenvalue weighted by atomic mass is 10.1. The lowest BCUT2D eigenvalue weighted by molar-refractivity contribution is 0.0937. The van der Waals surface area contributed by atoms with Gasteiger partial charge in [-0.3, -0.25) is 10.2 Å². The summed E-state index contributed by atoms with van der Waals surface area (Å²) < 4.78 is 6.82. The number of benzene rings is 1. The fourth-order valence-corrected chi connectivity index (χ4v) is 3.89. The van der Waals surface area contributed by atoms with Crippen LogP contribution < -0.4 is 11.3 Å². The first-order chi connectivity index (χ1) is 10.3. The quantitative estimate of drug-likeness (QED) is 0.431. The maximum absolute atomic E-state index is 11.9. The molecule has 2 aromatic heterocycles. The SMILES string of the molecule is NNC(=O)c1sc2ccccc2c1COCc1cccs1. The van der Waals surface area contributed by atoms with Crippen molar-refractivity contribution in [3.63, 3.8) is 0 Å². The Balaban J connectivity index is 1.86. The van der Waals surface area contributed by atoms with Crippen molar-refractivity contribution in [1.29, 1.82) is 0 Å². The summed E-state index contributed by atoms with van der Waals surface area (Å²) in [4.78, 5) is 13.7. The molecule has 4 nitrogen and oxygen atoms in total. The number of thiophene rings is 2. The van der Waals surface area contributed by atoms with Gasteiger partial charge in [-0.15, -0.1) is 22.7 Å². The van der Waals surface area contributed by atoms with E-state index in [0.717, 1.165) is 15.6 Å². The summed E-state index contributed by atoms with van der Waals surface area (Å²) in [5, 5.41) is 3.07. The number of amides is 1. The fourth-order valence-electron chi connectivity index (χ4n) is 2.14. The summed E-state index contributed by atoms with van der Waals surface area (Å²) in [7, 11) is 0. The first-order valence-corrected chi connectivity index (χ1v) is 8.10. The summed E-state index contributed by atoms with van der Waals surface area (Å²) in [6, 6.07) is 11.9. The Labute approximate surface area is 130 Å². The number of nitrogen functional groups attached to an aromatic ring is 1. The van der Waals surface area contributed by atoms with E-state index in [1.54, 1.807) is 11.3 Å². The number of nitrogens with one attached hydrogen (secondary N) is 1. The van der Waals surface area contributed by atoms with E-state index in [0.29, 0.717) is 18.1 Å². The van der Waals surface area contributed by atoms with E-state index in [1.807, 2.05) is 41.8 Å². The first kappa shape index (κ1) is 14.2. The molecule has 21 heavy (non-hydrogen) atoms. The van der Waals surface area contributed by atoms with Crippen LogP contribution in [0.5, 0.6) is 0 Å². The third-order valence-corrected chi connectivity index (χ3v) is 5.17. The highest BCUT2D eigenvalue weighted by Gasteiger charge is 2.17. The highest BCUT2D eigenvalue weighted by molar-refractivity contribution is 7.21. The summed E-state index contributed by atoms with van der Waals surface area (Å²) in [5.41, 5.74) is 3.10. The second kappa shape index (κ2) is 6.36. The average molecular weight is 318 g/mol. The Kier molecular flexibility index (Phi) is 4.31. The molecule has 1 aromatic carbocycles. The molecule has 108 valence electrons. The number of nitrogens with two attached hydrogens (primary N) is 1. The monoisotopic (exact) mass is 318 g/mol. The number of rotatable bonds is 5. The molecule has 0 atom stereocenters. The molecule has 3 N–H and O–H groups in total. The molecule has 1 amide bonds. The molecule has 3 aromatic rings. The summed E-state index contributed by atoms with van der Waals surface area (Å²) >= 11 is 3.09. The van der Waals surface area contributed by atoms with Crippen molar-refractivity contribution in [1.82, 2.24) is 5.43 Å². The molecule has 3 rings (SSSR count). The Morgan fingerprint density at radius 2 is 2.05 bits per heavy atom. The zero-order chi connectivity index (χ0) is 14.7. The van der Waals surface area contributed by atoms with Gasteiger partial charge in [-0.1, -0.05) is 24.3 Å². The third kappa shape index (κ3) is 2.98. The lowest BCUT2D eigenvalue weighted by Gasteiger charge is -2.05. The second-order valence-electron chi connectivity index (χ2n) is 4.45. The van der Waals surface area contributed by atoms with Crippen LogP contribution in [0.2, 0.25) is 0 Å². The minimum atomic E-state index is -0.272. The van der Waals surface area contributed by atoms with Crippen LogP contribution in [0.25, 0.3) is 10.1 Å². The van der Waals surface area contributed by atoms with Crippen LogP contribution in [0.15, 0.2) is 41.8 Å². The number of carbonyl (C=O) groups is 1. The topological polar surface area (TPSA) is 64.3 Å². The zero-order valence-electron chi connectivity index (χ0n) is 11.2. The number of fused-ring (bicyclic) bond motifs is 1. The van der Waals surface area contributed by atoms with E-state index in [4.69, 9.17) is 10.6 Å². The largest absolute Gasteiger partial charge is 0.371 e. The third-order valence-electron chi connectivity index (χ3n) is 3.11. The van der Waals surface area contributed by atoms with E-state index < -0.39 is 0 Å². The van der Waals surface area contributed by atoms with Gasteiger partial charge in [-0.05, 0) is 22.9 Å². The van der Waals surface area contributed by atoms with Gasteiger partial charge in [-0.25, -0.2) is 5.84 Å². The van der Waals surface area contributed by atoms with Crippen LogP contribution >= 0.6 is 22.7 Å². The van der Waals surface area contributed by atoms with Crippen molar-refractivity contribution in [2.45, 2.75) is 13.2 Å². The second-order valence-corrected chi connectivity index (χ2v) is 6.54. The minimum absolute atomic E-state index is 0.272. The van der Waals surface area contributed by atoms with Gasteiger partial charge in [0, 0.05) is 15.1 Å². The standard InChI is InChI=1S/C15H14N2O2S2/c16-17-15(18)14-12(9-19-8-10-4-3-7-20-10)11-5-1-2-6-13(11)21-14/h1-7H,8-9,16H2,(H,17,18). The fraction of sp³-hybridized carbons (Fsp3) is 0.133. The van der Waals surface area contributed by atoms with Gasteiger partial charge in [0.1, 0.15) is 0 Å². The van der Waals surface area contributed by atoms with Gasteiger partial charge < -0.3 is 4.74 Å². The van der Waals surface area contributed by atoms with Gasteiger partial charge in [0.15, 0.2) is 0 Å². The predicted octanol–water partition coefficient (Wildman–Crippen LogP) is 3.28. The molecule has 0 fully saturated rings. The Hall–Kier alpha value is -1.73. The molecule has 0 saturated carbocycles. The molecule has 6 heteroatoms. The number of hydrogen-bond donors (Lipinski definition) is 2. The molecule has 0 aliphatic carbocycles. The van der Waals surface area contributed by atoms with Crippen LogP contribution in [-0.2, 0) is 18.0 Å². The number of carbonyl (C=O) groups excluding carboxylic acids is 1. The van der Waals surface area contributed by atoms with Crippen LogP contribution in [0, 0.1) is 0 Å². The van der Waals surface area contributed by atoms with Gasteiger partial charge in [-0.2, -0.15) is 0 Å². The van der Waals surface area contributed by atoms with Gasteiger partial charge in [0.2, 0.25) is 0 Å². The molecule has 2 heterocycles. The van der Waals surface area contributed by atoms with Crippen molar-refractivity contribution in [3.8, 4) is 0 Å². The van der Waals surface area contributed by atoms with Crippen LogP contribution in [-0.4, -0.2) is 5.91 Å². The molecule has 0 aliphatic heterocycles. The Morgan fingerprint density at radius 1 is 1.19 bits per heavy atom. The molecule has 0 bridgehead atoms. The average Bonchev–Trinajstić information content (AvgIpc) is 3.14. The first-order valence-electron chi connectivity index (χ1n) is 6.41. The highest BCUT2D eigenvalue weighted by atomic mass is 32.1. The van der Waals surface area contributed by atoms with Crippen LogP contribution in [0.1, 0.15) is 20.1 Å². The molecule has 0 saturated heterocycles. The predicted molar refractivity (Wildman–Crippen MR) is 86.3 cm³/mol. The summed E-state index contributed by atoms with van der Waals surface area (Å²) in [6.45, 7) is 0.941. The molecule has 0 radical (unpaired) electrons. The van der Waals surface area contributed by atoms with E-state index in [9.17, 15) is 4.79 Å². The molecule has 0 aliphatic rings. The highest BCUT2D eigenvalue weighted by Crippen LogP contribution is 2.32. The van der Waals surface area contributed by atoms with Crippen LogP contribution in [0.3, 0.4) is 0 Å². The van der Waals surface area contributed by atoms with E-state index in [-0.39, 0.29) is 5.91 Å². The van der Waals surface area contributed by atoms with E-state index in [1.165, 1.54) is 16.2 Å². The summed E-state index contributed by atoms with van der Waals surface area (Å²) in [6.07, 6.45) is 0. The van der Waals surface area contributed by atoms with Crippen molar-refractivity contribution >= 4 is 38.7 Å². The number of hydrazine groups is 1. The number of hydrogen-bond acceptors (Lipinski definition) is 5. The van der Waals surface area contributed by atoms with Crippen molar-refractivity contribution in [2.24, 2.45) is 5.84 Å². The maximum Gasteiger partial charge on any atom is 0.275 e. The number of ether oxygens (including phenoxy) is 1. The van der Waals surface area contributed by atoms with Crippen molar-refractivity contribution in [2.75, 3.05) is 0 Å². The molecular formula is C15H14N2O2S2. The summed E-state index contributed by atoms with van der Waals surface area (Å²) in [5.74, 6) is 5.00. The minimum Gasteiger partial charge on any atom is -0.371 e. The van der Waals surface area contributed by atoms with Gasteiger partial charge >= 0.3 is 0 Å². The molecular weight excluding hydrogens is 304 g/mol. The molecule has 0 unspecified atom stereocenters.